The summed E-state index contributed by atoms with van der Waals surface area (Å²) < 4.78 is 38.8. The molecule has 3 aliphatic heterocycles. The topological polar surface area (TPSA) is 71.1 Å². The Morgan fingerprint density at radius 1 is 1.32 bits per heavy atom. The molecule has 2 saturated heterocycles. The molecule has 2 amide bonds. The van der Waals surface area contributed by atoms with Crippen LogP contribution in [0, 0.1) is 11.6 Å². The smallest absolute Gasteiger partial charge is 0.276 e. The van der Waals surface area contributed by atoms with E-state index < -0.39 is 17.2 Å². The van der Waals surface area contributed by atoms with E-state index in [1.165, 1.54) is 19.2 Å². The number of carbonyl (C=O) groups excluding carboxylic acids is 2. The van der Waals surface area contributed by atoms with E-state index >= 15 is 0 Å². The van der Waals surface area contributed by atoms with Gasteiger partial charge in [0.15, 0.2) is 6.23 Å². The van der Waals surface area contributed by atoms with Gasteiger partial charge in [0.25, 0.3) is 5.91 Å². The van der Waals surface area contributed by atoms with Gasteiger partial charge in [-0.1, -0.05) is 6.07 Å². The summed E-state index contributed by atoms with van der Waals surface area (Å²) in [5.74, 6) is -1.48. The molecule has 1 aliphatic carbocycles. The van der Waals surface area contributed by atoms with E-state index in [0.717, 1.165) is 6.07 Å². The van der Waals surface area contributed by atoms with Crippen LogP contribution >= 0.6 is 0 Å². The molecular formula is C22H23F2N3O4. The number of methoxy groups -OCH3 is 1. The minimum atomic E-state index is -0.842. The summed E-state index contributed by atoms with van der Waals surface area (Å²) in [6.45, 7) is 2.79. The molecule has 0 aromatic heterocycles. The molecule has 0 bridgehead atoms. The van der Waals surface area contributed by atoms with Crippen LogP contribution in [0.25, 0.3) is 0 Å². The Labute approximate surface area is 178 Å². The zero-order valence-corrected chi connectivity index (χ0v) is 17.3. The van der Waals surface area contributed by atoms with Crippen molar-refractivity contribution >= 4 is 11.8 Å². The van der Waals surface area contributed by atoms with Crippen LogP contribution in [0.4, 0.5) is 8.78 Å². The van der Waals surface area contributed by atoms with Gasteiger partial charge in [-0.25, -0.2) is 8.78 Å². The van der Waals surface area contributed by atoms with Gasteiger partial charge in [0.1, 0.15) is 23.1 Å². The number of halogens is 2. The first-order valence-corrected chi connectivity index (χ1v) is 10.3. The SMILES string of the molecule is COC1=C2C(=O)N3[C@@H](C)CO[C@@H]3CN2C=C(C(=O)NC2(c3ccc(F)cc3F)CC2)C1. The number of hydrogen-bond donors (Lipinski definition) is 1. The standard InChI is InChI=1S/C22H23F2N3O4/c1-12-11-31-18-10-26-9-13(7-17(30-2)19(26)21(29)27(12)18)20(28)25-22(5-6-22)15-4-3-14(23)8-16(15)24/h3-4,8-9,12,18H,5-7,10-11H2,1-2H3,(H,25,28)/t12-,18+/m0/s1. The first-order chi connectivity index (χ1) is 14.8. The van der Waals surface area contributed by atoms with Crippen LogP contribution in [-0.4, -0.2) is 54.1 Å². The predicted molar refractivity (Wildman–Crippen MR) is 105 cm³/mol. The molecule has 3 fully saturated rings. The third kappa shape index (κ3) is 3.18. The number of amides is 2. The number of allylic oxidation sites excluding steroid dienone is 1. The summed E-state index contributed by atoms with van der Waals surface area (Å²) in [5, 5.41) is 2.92. The van der Waals surface area contributed by atoms with Crippen LogP contribution in [0.2, 0.25) is 0 Å². The van der Waals surface area contributed by atoms with Crippen molar-refractivity contribution < 1.29 is 27.8 Å². The second-order valence-electron chi connectivity index (χ2n) is 8.47. The number of hydrogen-bond acceptors (Lipinski definition) is 5. The Morgan fingerprint density at radius 3 is 2.77 bits per heavy atom. The minimum Gasteiger partial charge on any atom is -0.498 e. The largest absolute Gasteiger partial charge is 0.498 e. The summed E-state index contributed by atoms with van der Waals surface area (Å²) in [6, 6.07) is 3.37. The zero-order chi connectivity index (χ0) is 21.9. The van der Waals surface area contributed by atoms with Crippen LogP contribution < -0.4 is 5.32 Å². The van der Waals surface area contributed by atoms with E-state index in [4.69, 9.17) is 9.47 Å². The van der Waals surface area contributed by atoms with Crippen molar-refractivity contribution in [3.8, 4) is 0 Å². The van der Waals surface area contributed by atoms with Gasteiger partial charge in [-0.05, 0) is 25.8 Å². The Bertz CT molecular complexity index is 1030. The molecule has 0 radical (unpaired) electrons. The maximum atomic E-state index is 14.3. The maximum Gasteiger partial charge on any atom is 0.276 e. The quantitative estimate of drug-likeness (QED) is 0.791. The number of benzene rings is 1. The van der Waals surface area contributed by atoms with Crippen molar-refractivity contribution in [1.82, 2.24) is 15.1 Å². The predicted octanol–water partition coefficient (Wildman–Crippen LogP) is 2.10. The first kappa shape index (κ1) is 20.0. The number of rotatable bonds is 4. The van der Waals surface area contributed by atoms with E-state index in [1.807, 2.05) is 6.92 Å². The molecule has 7 nitrogen and oxygen atoms in total. The zero-order valence-electron chi connectivity index (χ0n) is 17.3. The van der Waals surface area contributed by atoms with E-state index in [0.29, 0.717) is 43.0 Å². The molecule has 1 aromatic rings. The highest BCUT2D eigenvalue weighted by atomic mass is 19.1. The first-order valence-electron chi connectivity index (χ1n) is 10.3. The summed E-state index contributed by atoms with van der Waals surface area (Å²) in [7, 11) is 1.47. The lowest BCUT2D eigenvalue weighted by Crippen LogP contribution is -2.54. The molecule has 0 unspecified atom stereocenters. The highest BCUT2D eigenvalue weighted by Crippen LogP contribution is 2.47. The fourth-order valence-electron chi connectivity index (χ4n) is 4.63. The molecule has 1 aromatic carbocycles. The van der Waals surface area contributed by atoms with E-state index in [-0.39, 0.29) is 36.1 Å². The van der Waals surface area contributed by atoms with Gasteiger partial charge in [-0.2, -0.15) is 0 Å². The number of piperazine rings is 1. The van der Waals surface area contributed by atoms with Gasteiger partial charge in [-0.3, -0.25) is 9.59 Å². The molecular weight excluding hydrogens is 408 g/mol. The monoisotopic (exact) mass is 431 g/mol. The van der Waals surface area contributed by atoms with Crippen molar-refractivity contribution in [2.75, 3.05) is 20.3 Å². The minimum absolute atomic E-state index is 0.0285. The number of nitrogens with one attached hydrogen (secondary N) is 1. The lowest BCUT2D eigenvalue weighted by Gasteiger charge is -2.41. The molecule has 1 N–H and O–H groups in total. The third-order valence-corrected chi connectivity index (χ3v) is 6.41. The summed E-state index contributed by atoms with van der Waals surface area (Å²) >= 11 is 0. The molecule has 0 spiro atoms. The molecule has 4 aliphatic rings. The van der Waals surface area contributed by atoms with Crippen LogP contribution in [-0.2, 0) is 24.6 Å². The molecule has 164 valence electrons. The van der Waals surface area contributed by atoms with E-state index in [9.17, 15) is 18.4 Å². The third-order valence-electron chi connectivity index (χ3n) is 6.41. The van der Waals surface area contributed by atoms with Gasteiger partial charge < -0.3 is 24.6 Å². The average Bonchev–Trinajstić information content (AvgIpc) is 3.41. The lowest BCUT2D eigenvalue weighted by atomic mass is 10.00. The molecule has 2 atom stereocenters. The average molecular weight is 431 g/mol. The van der Waals surface area contributed by atoms with Gasteiger partial charge in [0.2, 0.25) is 5.91 Å². The molecule has 1 saturated carbocycles. The summed E-state index contributed by atoms with van der Waals surface area (Å²) in [6.07, 6.45) is 2.54. The number of nitrogens with zero attached hydrogens (tertiary/aromatic N) is 2. The summed E-state index contributed by atoms with van der Waals surface area (Å²) in [5.41, 5.74) is 0.255. The van der Waals surface area contributed by atoms with Crippen molar-refractivity contribution in [2.24, 2.45) is 0 Å². The van der Waals surface area contributed by atoms with Crippen LogP contribution in [0.1, 0.15) is 31.7 Å². The number of fused-ring (bicyclic) bond motifs is 2. The lowest BCUT2D eigenvalue weighted by molar-refractivity contribution is -0.140. The van der Waals surface area contributed by atoms with Crippen molar-refractivity contribution in [2.45, 2.75) is 44.0 Å². The molecule has 5 rings (SSSR count). The second-order valence-corrected chi connectivity index (χ2v) is 8.47. The molecule has 9 heteroatoms. The van der Waals surface area contributed by atoms with Gasteiger partial charge in [0.05, 0.1) is 31.8 Å². The highest BCUT2D eigenvalue weighted by Gasteiger charge is 2.49. The summed E-state index contributed by atoms with van der Waals surface area (Å²) in [4.78, 5) is 29.6. The second kappa shape index (κ2) is 7.05. The van der Waals surface area contributed by atoms with E-state index in [1.54, 1.807) is 16.0 Å². The fraction of sp³-hybridized carbons (Fsp3) is 0.455. The van der Waals surface area contributed by atoms with Gasteiger partial charge >= 0.3 is 0 Å². The van der Waals surface area contributed by atoms with Gasteiger partial charge in [-0.15, -0.1) is 0 Å². The Balaban J connectivity index is 1.39. The number of ether oxygens (including phenoxy) is 2. The highest BCUT2D eigenvalue weighted by molar-refractivity contribution is 5.99. The maximum absolute atomic E-state index is 14.3. The van der Waals surface area contributed by atoms with Gasteiger partial charge in [0, 0.05) is 29.8 Å². The molecule has 31 heavy (non-hydrogen) atoms. The Kier molecular flexibility index (Phi) is 4.55. The van der Waals surface area contributed by atoms with Crippen LogP contribution in [0.3, 0.4) is 0 Å². The van der Waals surface area contributed by atoms with Crippen molar-refractivity contribution in [3.05, 3.63) is 58.6 Å². The normalized spacial score (nSPS) is 26.3. The van der Waals surface area contributed by atoms with Crippen LogP contribution in [0.15, 0.2) is 41.4 Å². The Hall–Kier alpha value is -2.94. The van der Waals surface area contributed by atoms with Crippen molar-refractivity contribution in [1.29, 1.82) is 0 Å². The van der Waals surface area contributed by atoms with Crippen LogP contribution in [0.5, 0.6) is 0 Å². The fourth-order valence-corrected chi connectivity index (χ4v) is 4.63. The Morgan fingerprint density at radius 2 is 2.10 bits per heavy atom. The van der Waals surface area contributed by atoms with Crippen molar-refractivity contribution in [3.63, 3.8) is 0 Å². The van der Waals surface area contributed by atoms with E-state index in [2.05, 4.69) is 5.32 Å². The number of carbonyl (C=O) groups is 2. The molecule has 3 heterocycles.